The van der Waals surface area contributed by atoms with Gasteiger partial charge < -0.3 is 0 Å². The van der Waals surface area contributed by atoms with E-state index < -0.39 is 0 Å². The van der Waals surface area contributed by atoms with E-state index in [9.17, 15) is 0 Å². The van der Waals surface area contributed by atoms with E-state index in [0.29, 0.717) is 0 Å². The Bertz CT molecular complexity index is 2120. The van der Waals surface area contributed by atoms with Crippen LogP contribution in [-0.4, -0.2) is 15.0 Å². The lowest BCUT2D eigenvalue weighted by atomic mass is 9.82. The SMILES string of the molecule is CC1(C)c2ccccc2-c2c(-c3nc(-c4ccc(-c5cccc6cccnc56)cc4)nc4ccccc34)cccc21. The molecule has 0 bridgehead atoms. The van der Waals surface area contributed by atoms with Crippen molar-refractivity contribution in [2.45, 2.75) is 19.3 Å². The van der Waals surface area contributed by atoms with Gasteiger partial charge in [0.25, 0.3) is 0 Å². The zero-order chi connectivity index (χ0) is 27.6. The van der Waals surface area contributed by atoms with Crippen LogP contribution in [0.4, 0.5) is 0 Å². The van der Waals surface area contributed by atoms with Gasteiger partial charge in [-0.3, -0.25) is 4.98 Å². The van der Waals surface area contributed by atoms with Crippen LogP contribution in [0.5, 0.6) is 0 Å². The molecule has 194 valence electrons. The molecule has 2 heterocycles. The fraction of sp³-hybridized carbons (Fsp3) is 0.0789. The zero-order valence-electron chi connectivity index (χ0n) is 23.0. The number of fused-ring (bicyclic) bond motifs is 5. The fourth-order valence-electron chi connectivity index (χ4n) is 6.50. The molecular formula is C38H27N3. The molecule has 0 atom stereocenters. The van der Waals surface area contributed by atoms with E-state index >= 15 is 0 Å². The standard InChI is InChI=1S/C38H27N3/c1-38(2)31-16-5-3-12-28(31)34-30(15-8-17-32(34)38)36-29-13-4-6-18-33(29)40-37(41-36)26-21-19-24(20-22-26)27-14-7-10-25-11-9-23-39-35(25)27/h3-23H,1-2H3. The molecule has 0 fully saturated rings. The summed E-state index contributed by atoms with van der Waals surface area (Å²) in [5.74, 6) is 0.726. The third kappa shape index (κ3) is 3.63. The number of hydrogen-bond acceptors (Lipinski definition) is 3. The van der Waals surface area contributed by atoms with E-state index in [1.165, 1.54) is 22.3 Å². The summed E-state index contributed by atoms with van der Waals surface area (Å²) in [6, 6.07) is 42.7. The highest BCUT2D eigenvalue weighted by Crippen LogP contribution is 2.52. The molecule has 0 amide bonds. The number of nitrogens with zero attached hydrogens (tertiary/aromatic N) is 3. The lowest BCUT2D eigenvalue weighted by molar-refractivity contribution is 0.660. The summed E-state index contributed by atoms with van der Waals surface area (Å²) in [5, 5.41) is 2.20. The number of aromatic nitrogens is 3. The summed E-state index contributed by atoms with van der Waals surface area (Å²) in [5.41, 5.74) is 12.5. The second-order valence-corrected chi connectivity index (χ2v) is 11.3. The lowest BCUT2D eigenvalue weighted by Crippen LogP contribution is -2.14. The van der Waals surface area contributed by atoms with Gasteiger partial charge in [-0.1, -0.05) is 123 Å². The minimum atomic E-state index is -0.0695. The lowest BCUT2D eigenvalue weighted by Gasteiger charge is -2.21. The fourth-order valence-corrected chi connectivity index (χ4v) is 6.50. The topological polar surface area (TPSA) is 38.7 Å². The van der Waals surface area contributed by atoms with Crippen LogP contribution in [0.15, 0.2) is 128 Å². The molecule has 0 unspecified atom stereocenters. The minimum absolute atomic E-state index is 0.0695. The molecule has 3 nitrogen and oxygen atoms in total. The molecule has 0 N–H and O–H groups in total. The van der Waals surface area contributed by atoms with Crippen LogP contribution < -0.4 is 0 Å². The number of para-hydroxylation sites is 2. The highest BCUT2D eigenvalue weighted by Gasteiger charge is 2.37. The van der Waals surface area contributed by atoms with Crippen molar-refractivity contribution < 1.29 is 0 Å². The van der Waals surface area contributed by atoms with Crippen molar-refractivity contribution in [2.75, 3.05) is 0 Å². The summed E-state index contributed by atoms with van der Waals surface area (Å²) >= 11 is 0. The van der Waals surface area contributed by atoms with Crippen molar-refractivity contribution in [1.29, 1.82) is 0 Å². The molecule has 8 rings (SSSR count). The Hall–Kier alpha value is -5.15. The van der Waals surface area contributed by atoms with E-state index in [0.717, 1.165) is 55.6 Å². The number of benzene rings is 5. The summed E-state index contributed by atoms with van der Waals surface area (Å²) < 4.78 is 0. The Kier molecular flexibility index (Phi) is 5.17. The van der Waals surface area contributed by atoms with Crippen LogP contribution in [0.1, 0.15) is 25.0 Å². The monoisotopic (exact) mass is 525 g/mol. The van der Waals surface area contributed by atoms with Gasteiger partial charge in [0.1, 0.15) is 0 Å². The second kappa shape index (κ2) is 8.94. The summed E-state index contributed by atoms with van der Waals surface area (Å²) in [6.45, 7) is 4.63. The van der Waals surface area contributed by atoms with Gasteiger partial charge in [-0.15, -0.1) is 0 Å². The maximum atomic E-state index is 5.27. The molecule has 3 heteroatoms. The normalized spacial score (nSPS) is 13.3. The quantitative estimate of drug-likeness (QED) is 0.231. The van der Waals surface area contributed by atoms with Gasteiger partial charge in [-0.2, -0.15) is 0 Å². The van der Waals surface area contributed by atoms with Gasteiger partial charge in [0.2, 0.25) is 0 Å². The van der Waals surface area contributed by atoms with Crippen molar-refractivity contribution in [3.05, 3.63) is 139 Å². The summed E-state index contributed by atoms with van der Waals surface area (Å²) in [7, 11) is 0. The number of pyridine rings is 1. The smallest absolute Gasteiger partial charge is 0.160 e. The first-order valence-corrected chi connectivity index (χ1v) is 14.0. The van der Waals surface area contributed by atoms with Crippen LogP contribution in [-0.2, 0) is 5.41 Å². The van der Waals surface area contributed by atoms with Gasteiger partial charge in [0.05, 0.1) is 16.7 Å². The van der Waals surface area contributed by atoms with E-state index in [2.05, 4.69) is 128 Å². The molecule has 0 aliphatic heterocycles. The average Bonchev–Trinajstić information content (AvgIpc) is 3.27. The first-order chi connectivity index (χ1) is 20.1. The highest BCUT2D eigenvalue weighted by atomic mass is 14.9. The van der Waals surface area contributed by atoms with E-state index in [4.69, 9.17) is 9.97 Å². The van der Waals surface area contributed by atoms with Crippen molar-refractivity contribution in [3.8, 4) is 44.9 Å². The Balaban J connectivity index is 1.30. The summed E-state index contributed by atoms with van der Waals surface area (Å²) in [4.78, 5) is 14.9. The zero-order valence-corrected chi connectivity index (χ0v) is 23.0. The van der Waals surface area contributed by atoms with Crippen molar-refractivity contribution in [3.63, 3.8) is 0 Å². The van der Waals surface area contributed by atoms with Crippen LogP contribution in [0.3, 0.4) is 0 Å². The minimum Gasteiger partial charge on any atom is -0.256 e. The van der Waals surface area contributed by atoms with Crippen molar-refractivity contribution in [1.82, 2.24) is 15.0 Å². The molecule has 5 aromatic carbocycles. The van der Waals surface area contributed by atoms with Gasteiger partial charge in [-0.05, 0) is 39.9 Å². The van der Waals surface area contributed by atoms with Gasteiger partial charge in [0.15, 0.2) is 5.82 Å². The average molecular weight is 526 g/mol. The molecule has 2 aromatic heterocycles. The van der Waals surface area contributed by atoms with Crippen LogP contribution in [0.2, 0.25) is 0 Å². The first kappa shape index (κ1) is 23.7. The van der Waals surface area contributed by atoms with Crippen LogP contribution in [0, 0.1) is 0 Å². The van der Waals surface area contributed by atoms with Gasteiger partial charge in [0, 0.05) is 39.1 Å². The number of hydrogen-bond donors (Lipinski definition) is 0. The molecule has 1 aliphatic carbocycles. The third-order valence-corrected chi connectivity index (χ3v) is 8.55. The Morgan fingerprint density at radius 3 is 2.12 bits per heavy atom. The molecule has 0 radical (unpaired) electrons. The second-order valence-electron chi connectivity index (χ2n) is 11.3. The summed E-state index contributed by atoms with van der Waals surface area (Å²) in [6.07, 6.45) is 1.85. The predicted octanol–water partition coefficient (Wildman–Crippen LogP) is 9.49. The van der Waals surface area contributed by atoms with Crippen molar-refractivity contribution >= 4 is 21.8 Å². The van der Waals surface area contributed by atoms with Gasteiger partial charge >= 0.3 is 0 Å². The third-order valence-electron chi connectivity index (χ3n) is 8.55. The largest absolute Gasteiger partial charge is 0.256 e. The highest BCUT2D eigenvalue weighted by molar-refractivity contribution is 6.01. The molecule has 1 aliphatic rings. The Morgan fingerprint density at radius 1 is 0.537 bits per heavy atom. The molecule has 7 aromatic rings. The van der Waals surface area contributed by atoms with Crippen LogP contribution in [0.25, 0.3) is 66.7 Å². The molecule has 0 saturated heterocycles. The Morgan fingerprint density at radius 2 is 1.22 bits per heavy atom. The van der Waals surface area contributed by atoms with E-state index in [1.54, 1.807) is 0 Å². The van der Waals surface area contributed by atoms with E-state index in [-0.39, 0.29) is 5.41 Å². The van der Waals surface area contributed by atoms with E-state index in [1.807, 2.05) is 18.3 Å². The first-order valence-electron chi connectivity index (χ1n) is 14.0. The Labute approximate surface area is 239 Å². The molecule has 41 heavy (non-hydrogen) atoms. The van der Waals surface area contributed by atoms with Gasteiger partial charge in [-0.25, -0.2) is 9.97 Å². The molecule has 0 saturated carbocycles. The maximum absolute atomic E-state index is 5.27. The molecule has 0 spiro atoms. The number of rotatable bonds is 3. The maximum Gasteiger partial charge on any atom is 0.160 e. The van der Waals surface area contributed by atoms with Crippen LogP contribution >= 0.6 is 0 Å². The van der Waals surface area contributed by atoms with Crippen molar-refractivity contribution in [2.24, 2.45) is 0 Å². The predicted molar refractivity (Wildman–Crippen MR) is 169 cm³/mol. The molecular weight excluding hydrogens is 498 g/mol.